The topological polar surface area (TPSA) is 75.2 Å². The van der Waals surface area contributed by atoms with Crippen molar-refractivity contribution in [3.63, 3.8) is 0 Å². The van der Waals surface area contributed by atoms with Crippen LogP contribution >= 0.6 is 0 Å². The van der Waals surface area contributed by atoms with Crippen LogP contribution in [0.3, 0.4) is 0 Å². The second kappa shape index (κ2) is 5.40. The van der Waals surface area contributed by atoms with E-state index in [0.717, 1.165) is 13.0 Å². The van der Waals surface area contributed by atoms with Crippen LogP contribution in [0.4, 0.5) is 17.8 Å². The van der Waals surface area contributed by atoms with Gasteiger partial charge in [-0.2, -0.15) is 15.0 Å². The molecule has 1 aliphatic heterocycles. The third kappa shape index (κ3) is 2.77. The van der Waals surface area contributed by atoms with Gasteiger partial charge in [0.15, 0.2) is 0 Å². The molecule has 1 aromatic heterocycles. The van der Waals surface area contributed by atoms with E-state index in [0.29, 0.717) is 35.9 Å². The van der Waals surface area contributed by atoms with Gasteiger partial charge in [0, 0.05) is 27.7 Å². The highest BCUT2D eigenvalue weighted by molar-refractivity contribution is 5.43. The first kappa shape index (κ1) is 13.4. The highest BCUT2D eigenvalue weighted by atomic mass is 16.5. The number of ether oxygens (including phenoxy) is 1. The summed E-state index contributed by atoms with van der Waals surface area (Å²) in [5.74, 6) is 2.56. The Balaban J connectivity index is 1.77. The fourth-order valence-electron chi connectivity index (χ4n) is 2.56. The summed E-state index contributed by atoms with van der Waals surface area (Å²) in [6.07, 6.45) is 3.89. The molecule has 2 N–H and O–H groups in total. The molecular formula is C13H22N6O. The molecule has 0 bridgehead atoms. The lowest BCUT2D eigenvalue weighted by Gasteiger charge is -2.20. The van der Waals surface area contributed by atoms with Crippen LogP contribution in [-0.2, 0) is 4.74 Å². The van der Waals surface area contributed by atoms with Crippen LogP contribution in [0.2, 0.25) is 0 Å². The van der Waals surface area contributed by atoms with Crippen LogP contribution in [0.25, 0.3) is 0 Å². The third-order valence-electron chi connectivity index (χ3n) is 3.78. The molecule has 7 nitrogen and oxygen atoms in total. The monoisotopic (exact) mass is 278 g/mol. The van der Waals surface area contributed by atoms with Gasteiger partial charge in [-0.05, 0) is 25.2 Å². The summed E-state index contributed by atoms with van der Waals surface area (Å²) >= 11 is 0. The SMILES string of the molecule is CNc1nc(NC2CCOC2C2CC2)nc(N(C)C)n1. The van der Waals surface area contributed by atoms with Gasteiger partial charge in [0.1, 0.15) is 0 Å². The number of rotatable bonds is 5. The highest BCUT2D eigenvalue weighted by Crippen LogP contribution is 2.39. The maximum Gasteiger partial charge on any atom is 0.231 e. The minimum absolute atomic E-state index is 0.310. The van der Waals surface area contributed by atoms with Gasteiger partial charge in [-0.15, -0.1) is 0 Å². The van der Waals surface area contributed by atoms with Gasteiger partial charge in [-0.25, -0.2) is 0 Å². The highest BCUT2D eigenvalue weighted by Gasteiger charge is 2.40. The largest absolute Gasteiger partial charge is 0.376 e. The minimum Gasteiger partial charge on any atom is -0.376 e. The Morgan fingerprint density at radius 1 is 1.10 bits per heavy atom. The summed E-state index contributed by atoms with van der Waals surface area (Å²) in [6, 6.07) is 0.310. The van der Waals surface area contributed by atoms with Gasteiger partial charge in [0.05, 0.1) is 12.1 Å². The molecule has 0 radical (unpaired) electrons. The van der Waals surface area contributed by atoms with Crippen molar-refractivity contribution >= 4 is 17.8 Å². The average Bonchev–Trinajstić information content (AvgIpc) is 3.19. The second-order valence-electron chi connectivity index (χ2n) is 5.64. The fourth-order valence-corrected chi connectivity index (χ4v) is 2.56. The van der Waals surface area contributed by atoms with Crippen LogP contribution in [0.1, 0.15) is 19.3 Å². The molecule has 3 rings (SSSR count). The standard InChI is InChI=1S/C13H22N6O/c1-14-11-16-12(18-13(17-11)19(2)3)15-9-6-7-20-10(9)8-4-5-8/h8-10H,4-7H2,1-3H3,(H2,14,15,16,17,18). The summed E-state index contributed by atoms with van der Waals surface area (Å²) < 4.78 is 5.84. The number of hydrogen-bond donors (Lipinski definition) is 2. The first-order chi connectivity index (χ1) is 9.67. The third-order valence-corrected chi connectivity index (χ3v) is 3.78. The molecular weight excluding hydrogens is 256 g/mol. The van der Waals surface area contributed by atoms with E-state index in [1.165, 1.54) is 12.8 Å². The van der Waals surface area contributed by atoms with Gasteiger partial charge < -0.3 is 20.3 Å². The summed E-state index contributed by atoms with van der Waals surface area (Å²) in [6.45, 7) is 0.823. The molecule has 0 spiro atoms. The Morgan fingerprint density at radius 3 is 2.50 bits per heavy atom. The Bertz CT molecular complexity index is 476. The smallest absolute Gasteiger partial charge is 0.231 e. The van der Waals surface area contributed by atoms with Crippen molar-refractivity contribution in [2.24, 2.45) is 5.92 Å². The number of nitrogens with zero attached hydrogens (tertiary/aromatic N) is 4. The number of hydrogen-bond acceptors (Lipinski definition) is 7. The van der Waals surface area contributed by atoms with Gasteiger partial charge in [-0.3, -0.25) is 0 Å². The number of aromatic nitrogens is 3. The predicted octanol–water partition coefficient (Wildman–Crippen LogP) is 0.959. The average molecular weight is 278 g/mol. The van der Waals surface area contributed by atoms with Crippen LogP contribution in [0.15, 0.2) is 0 Å². The van der Waals surface area contributed by atoms with Crippen molar-refractivity contribution in [3.8, 4) is 0 Å². The van der Waals surface area contributed by atoms with Gasteiger partial charge in [0.25, 0.3) is 0 Å². The van der Waals surface area contributed by atoms with Crippen molar-refractivity contribution < 1.29 is 4.74 Å². The molecule has 2 fully saturated rings. The quantitative estimate of drug-likeness (QED) is 0.830. The van der Waals surface area contributed by atoms with E-state index >= 15 is 0 Å². The summed E-state index contributed by atoms with van der Waals surface area (Å²) in [5, 5.41) is 6.40. The second-order valence-corrected chi connectivity index (χ2v) is 5.64. The zero-order chi connectivity index (χ0) is 14.1. The van der Waals surface area contributed by atoms with Crippen LogP contribution < -0.4 is 15.5 Å². The lowest BCUT2D eigenvalue weighted by Crippen LogP contribution is -2.32. The lowest BCUT2D eigenvalue weighted by molar-refractivity contribution is 0.0897. The molecule has 110 valence electrons. The number of anilines is 3. The van der Waals surface area contributed by atoms with Crippen LogP contribution in [0.5, 0.6) is 0 Å². The molecule has 1 saturated carbocycles. The first-order valence-electron chi connectivity index (χ1n) is 7.16. The predicted molar refractivity (Wildman–Crippen MR) is 78.2 cm³/mol. The molecule has 2 heterocycles. The van der Waals surface area contributed by atoms with E-state index in [9.17, 15) is 0 Å². The van der Waals surface area contributed by atoms with Gasteiger partial charge >= 0.3 is 0 Å². The first-order valence-corrected chi connectivity index (χ1v) is 7.16. The van der Waals surface area contributed by atoms with E-state index in [-0.39, 0.29) is 0 Å². The van der Waals surface area contributed by atoms with Crippen LogP contribution in [-0.4, -0.2) is 54.8 Å². The Kier molecular flexibility index (Phi) is 3.60. The normalized spacial score (nSPS) is 25.6. The van der Waals surface area contributed by atoms with Gasteiger partial charge in [0.2, 0.25) is 17.8 Å². The Hall–Kier alpha value is -1.63. The zero-order valence-corrected chi connectivity index (χ0v) is 12.3. The van der Waals surface area contributed by atoms with Crippen molar-refractivity contribution in [2.75, 3.05) is 43.3 Å². The van der Waals surface area contributed by atoms with E-state index in [4.69, 9.17) is 4.74 Å². The molecule has 1 aromatic rings. The summed E-state index contributed by atoms with van der Waals surface area (Å²) in [4.78, 5) is 15.0. The van der Waals surface area contributed by atoms with Crippen LogP contribution in [0, 0.1) is 5.92 Å². The molecule has 1 saturated heterocycles. The molecule has 2 unspecified atom stereocenters. The Labute approximate surface area is 119 Å². The molecule has 7 heteroatoms. The lowest BCUT2D eigenvalue weighted by atomic mass is 10.1. The molecule has 0 aromatic carbocycles. The van der Waals surface area contributed by atoms with E-state index in [1.807, 2.05) is 26.0 Å². The number of nitrogens with one attached hydrogen (secondary N) is 2. The molecule has 20 heavy (non-hydrogen) atoms. The summed E-state index contributed by atoms with van der Waals surface area (Å²) in [7, 11) is 5.65. The van der Waals surface area contributed by atoms with Crippen molar-refractivity contribution in [1.82, 2.24) is 15.0 Å². The van der Waals surface area contributed by atoms with E-state index < -0.39 is 0 Å². The molecule has 2 atom stereocenters. The molecule has 1 aliphatic carbocycles. The van der Waals surface area contributed by atoms with E-state index in [1.54, 1.807) is 0 Å². The van der Waals surface area contributed by atoms with Gasteiger partial charge in [-0.1, -0.05) is 0 Å². The molecule has 0 amide bonds. The minimum atomic E-state index is 0.310. The van der Waals surface area contributed by atoms with Crippen molar-refractivity contribution in [1.29, 1.82) is 0 Å². The van der Waals surface area contributed by atoms with E-state index in [2.05, 4.69) is 25.6 Å². The fraction of sp³-hybridized carbons (Fsp3) is 0.769. The van der Waals surface area contributed by atoms with Crippen molar-refractivity contribution in [2.45, 2.75) is 31.4 Å². The maximum atomic E-state index is 5.84. The van der Waals surface area contributed by atoms with Crippen molar-refractivity contribution in [3.05, 3.63) is 0 Å². The summed E-state index contributed by atoms with van der Waals surface area (Å²) in [5.41, 5.74) is 0. The Morgan fingerprint density at radius 2 is 1.85 bits per heavy atom. The zero-order valence-electron chi connectivity index (χ0n) is 12.3. The maximum absolute atomic E-state index is 5.84. The molecule has 2 aliphatic rings.